The molecular weight excluding hydrogens is 304 g/mol. The van der Waals surface area contributed by atoms with E-state index in [1.807, 2.05) is 48.1 Å². The molecule has 0 radical (unpaired) electrons. The summed E-state index contributed by atoms with van der Waals surface area (Å²) in [7, 11) is 0. The maximum Gasteiger partial charge on any atom is 0.256 e. The van der Waals surface area contributed by atoms with Crippen molar-refractivity contribution in [1.82, 2.24) is 20.3 Å². The number of carbonyl (C=O) groups is 1. The van der Waals surface area contributed by atoms with Crippen LogP contribution in [-0.2, 0) is 12.8 Å². The average molecular weight is 324 g/mol. The SMILES string of the molecule is CCc1noc(C)c1C(=O)NCCc1ccc(-n2cccn2)cc1. The van der Waals surface area contributed by atoms with Crippen molar-refractivity contribution in [2.45, 2.75) is 26.7 Å². The van der Waals surface area contributed by atoms with Crippen molar-refractivity contribution in [2.75, 3.05) is 6.54 Å². The van der Waals surface area contributed by atoms with E-state index in [1.54, 1.807) is 13.1 Å². The molecule has 2 aromatic heterocycles. The summed E-state index contributed by atoms with van der Waals surface area (Å²) in [6.45, 7) is 4.28. The highest BCUT2D eigenvalue weighted by atomic mass is 16.5. The van der Waals surface area contributed by atoms with Gasteiger partial charge in [0.05, 0.1) is 11.4 Å². The highest BCUT2D eigenvalue weighted by Gasteiger charge is 2.18. The summed E-state index contributed by atoms with van der Waals surface area (Å²) in [6, 6.07) is 10.0. The average Bonchev–Trinajstić information content (AvgIpc) is 3.25. The lowest BCUT2D eigenvalue weighted by molar-refractivity contribution is 0.0952. The topological polar surface area (TPSA) is 73.0 Å². The monoisotopic (exact) mass is 324 g/mol. The van der Waals surface area contributed by atoms with Crippen molar-refractivity contribution < 1.29 is 9.32 Å². The maximum atomic E-state index is 12.3. The molecule has 0 aliphatic rings. The number of nitrogens with one attached hydrogen (secondary N) is 1. The van der Waals surface area contributed by atoms with E-state index in [0.29, 0.717) is 30.0 Å². The molecule has 0 saturated heterocycles. The first-order valence-electron chi connectivity index (χ1n) is 8.01. The van der Waals surface area contributed by atoms with Crippen LogP contribution in [0, 0.1) is 6.92 Å². The third-order valence-electron chi connectivity index (χ3n) is 3.90. The number of carbonyl (C=O) groups excluding carboxylic acids is 1. The Morgan fingerprint density at radius 2 is 2.08 bits per heavy atom. The van der Waals surface area contributed by atoms with Crippen molar-refractivity contribution in [3.05, 3.63) is 65.3 Å². The third kappa shape index (κ3) is 3.37. The lowest BCUT2D eigenvalue weighted by Gasteiger charge is -2.07. The Balaban J connectivity index is 1.56. The van der Waals surface area contributed by atoms with E-state index in [0.717, 1.165) is 17.7 Å². The first kappa shape index (κ1) is 16.0. The Morgan fingerprint density at radius 1 is 1.29 bits per heavy atom. The van der Waals surface area contributed by atoms with Gasteiger partial charge >= 0.3 is 0 Å². The summed E-state index contributed by atoms with van der Waals surface area (Å²) in [4.78, 5) is 12.3. The number of aromatic nitrogens is 3. The minimum atomic E-state index is -0.126. The molecule has 2 heterocycles. The van der Waals surface area contributed by atoms with Crippen LogP contribution in [0.25, 0.3) is 5.69 Å². The fourth-order valence-electron chi connectivity index (χ4n) is 2.60. The fraction of sp³-hybridized carbons (Fsp3) is 0.278. The zero-order valence-electron chi connectivity index (χ0n) is 13.8. The van der Waals surface area contributed by atoms with Gasteiger partial charge in [-0.15, -0.1) is 0 Å². The zero-order chi connectivity index (χ0) is 16.9. The normalized spacial score (nSPS) is 10.8. The van der Waals surface area contributed by atoms with E-state index in [-0.39, 0.29) is 5.91 Å². The molecule has 0 saturated carbocycles. The van der Waals surface area contributed by atoms with Gasteiger partial charge in [0.2, 0.25) is 0 Å². The first-order valence-corrected chi connectivity index (χ1v) is 8.01. The van der Waals surface area contributed by atoms with Gasteiger partial charge in [0, 0.05) is 18.9 Å². The van der Waals surface area contributed by atoms with Gasteiger partial charge in [0.25, 0.3) is 5.91 Å². The van der Waals surface area contributed by atoms with Crippen LogP contribution < -0.4 is 5.32 Å². The van der Waals surface area contributed by atoms with E-state index in [9.17, 15) is 4.79 Å². The predicted octanol–water partition coefficient (Wildman–Crippen LogP) is 2.70. The minimum absolute atomic E-state index is 0.126. The molecule has 0 atom stereocenters. The van der Waals surface area contributed by atoms with Crippen LogP contribution in [0.15, 0.2) is 47.2 Å². The Kier molecular flexibility index (Phi) is 4.74. The van der Waals surface area contributed by atoms with E-state index >= 15 is 0 Å². The van der Waals surface area contributed by atoms with Gasteiger partial charge in [-0.1, -0.05) is 24.2 Å². The summed E-state index contributed by atoms with van der Waals surface area (Å²) >= 11 is 0. The smallest absolute Gasteiger partial charge is 0.256 e. The molecule has 3 aromatic rings. The van der Waals surface area contributed by atoms with Crippen LogP contribution in [0.2, 0.25) is 0 Å². The largest absolute Gasteiger partial charge is 0.361 e. The highest BCUT2D eigenvalue weighted by Crippen LogP contribution is 2.14. The fourth-order valence-corrected chi connectivity index (χ4v) is 2.60. The van der Waals surface area contributed by atoms with Gasteiger partial charge in [-0.3, -0.25) is 4.79 Å². The number of hydrogen-bond donors (Lipinski definition) is 1. The van der Waals surface area contributed by atoms with Crippen molar-refractivity contribution in [3.63, 3.8) is 0 Å². The number of amides is 1. The summed E-state index contributed by atoms with van der Waals surface area (Å²) in [6.07, 6.45) is 5.09. The van der Waals surface area contributed by atoms with E-state index in [2.05, 4.69) is 15.6 Å². The van der Waals surface area contributed by atoms with Crippen molar-refractivity contribution >= 4 is 5.91 Å². The summed E-state index contributed by atoms with van der Waals surface area (Å²) in [5.41, 5.74) is 3.43. The van der Waals surface area contributed by atoms with Gasteiger partial charge in [-0.2, -0.15) is 5.10 Å². The first-order chi connectivity index (χ1) is 11.7. The number of benzene rings is 1. The second kappa shape index (κ2) is 7.12. The summed E-state index contributed by atoms with van der Waals surface area (Å²) < 4.78 is 6.91. The second-order valence-electron chi connectivity index (χ2n) is 5.54. The third-order valence-corrected chi connectivity index (χ3v) is 3.90. The minimum Gasteiger partial charge on any atom is -0.361 e. The van der Waals surface area contributed by atoms with Gasteiger partial charge in [0.1, 0.15) is 11.3 Å². The molecule has 124 valence electrons. The Labute approximate surface area is 140 Å². The van der Waals surface area contributed by atoms with Gasteiger partial charge in [0.15, 0.2) is 0 Å². The number of hydrogen-bond acceptors (Lipinski definition) is 4. The van der Waals surface area contributed by atoms with Gasteiger partial charge in [-0.25, -0.2) is 4.68 Å². The Bertz CT molecular complexity index is 804. The maximum absolute atomic E-state index is 12.3. The van der Waals surface area contributed by atoms with Crippen LogP contribution in [0.5, 0.6) is 0 Å². The van der Waals surface area contributed by atoms with E-state index in [4.69, 9.17) is 4.52 Å². The molecule has 0 aliphatic heterocycles. The van der Waals surface area contributed by atoms with Crippen molar-refractivity contribution in [3.8, 4) is 5.69 Å². The van der Waals surface area contributed by atoms with Crippen LogP contribution in [0.4, 0.5) is 0 Å². The molecule has 0 aliphatic carbocycles. The molecule has 1 N–H and O–H groups in total. The van der Waals surface area contributed by atoms with Crippen LogP contribution >= 0.6 is 0 Å². The number of aryl methyl sites for hydroxylation is 2. The van der Waals surface area contributed by atoms with Crippen molar-refractivity contribution in [1.29, 1.82) is 0 Å². The Morgan fingerprint density at radius 3 is 2.75 bits per heavy atom. The molecular formula is C18H20N4O2. The molecule has 1 amide bonds. The lowest BCUT2D eigenvalue weighted by Crippen LogP contribution is -2.26. The van der Waals surface area contributed by atoms with Gasteiger partial charge in [-0.05, 0) is 43.5 Å². The van der Waals surface area contributed by atoms with Crippen LogP contribution in [-0.4, -0.2) is 27.4 Å². The number of nitrogens with zero attached hydrogens (tertiary/aromatic N) is 3. The van der Waals surface area contributed by atoms with Crippen LogP contribution in [0.3, 0.4) is 0 Å². The highest BCUT2D eigenvalue weighted by molar-refractivity contribution is 5.96. The predicted molar refractivity (Wildman–Crippen MR) is 90.2 cm³/mol. The van der Waals surface area contributed by atoms with Crippen LogP contribution in [0.1, 0.15) is 34.3 Å². The van der Waals surface area contributed by atoms with E-state index < -0.39 is 0 Å². The lowest BCUT2D eigenvalue weighted by atomic mass is 10.1. The summed E-state index contributed by atoms with van der Waals surface area (Å²) in [5, 5.41) is 11.0. The van der Waals surface area contributed by atoms with Crippen molar-refractivity contribution in [2.24, 2.45) is 0 Å². The molecule has 3 rings (SSSR count). The quantitative estimate of drug-likeness (QED) is 0.756. The molecule has 6 heteroatoms. The molecule has 24 heavy (non-hydrogen) atoms. The molecule has 0 fully saturated rings. The van der Waals surface area contributed by atoms with Gasteiger partial charge < -0.3 is 9.84 Å². The Hall–Kier alpha value is -2.89. The van der Waals surface area contributed by atoms with E-state index in [1.165, 1.54) is 0 Å². The standard InChI is InChI=1S/C18H20N4O2/c1-3-16-17(13(2)24-21-16)18(23)19-11-9-14-5-7-15(8-6-14)22-12-4-10-20-22/h4-8,10,12H,3,9,11H2,1-2H3,(H,19,23). The number of rotatable bonds is 6. The molecule has 0 unspecified atom stereocenters. The molecule has 0 spiro atoms. The molecule has 1 aromatic carbocycles. The zero-order valence-corrected chi connectivity index (χ0v) is 13.8. The summed E-state index contributed by atoms with van der Waals surface area (Å²) in [5.74, 6) is 0.437. The molecule has 6 nitrogen and oxygen atoms in total. The second-order valence-corrected chi connectivity index (χ2v) is 5.54. The molecule has 0 bridgehead atoms.